The summed E-state index contributed by atoms with van der Waals surface area (Å²) in [6, 6.07) is 20.4. The molecule has 0 radical (unpaired) electrons. The van der Waals surface area contributed by atoms with E-state index in [-0.39, 0.29) is 5.78 Å². The second-order valence-corrected chi connectivity index (χ2v) is 7.12. The van der Waals surface area contributed by atoms with Crippen molar-refractivity contribution in [1.82, 2.24) is 4.98 Å². The van der Waals surface area contributed by atoms with Gasteiger partial charge in [0.15, 0.2) is 17.3 Å². The molecule has 0 aliphatic heterocycles. The Hall–Kier alpha value is -4.06. The number of methoxy groups -OCH3 is 2. The fraction of sp³-hybridized carbons (Fsp3) is 0.154. The average molecular weight is 429 g/mol. The van der Waals surface area contributed by atoms with Crippen LogP contribution in [0.5, 0.6) is 28.7 Å². The lowest BCUT2D eigenvalue weighted by Gasteiger charge is -2.15. The Morgan fingerprint density at radius 2 is 1.59 bits per heavy atom. The van der Waals surface area contributed by atoms with Crippen molar-refractivity contribution >= 4 is 16.7 Å². The molecule has 0 spiro atoms. The SMILES string of the molecule is COc1cc2nccc(Oc3ccc(OCc4ccccc4)cc3C(C)=O)c2cc1OC. The smallest absolute Gasteiger partial charge is 0.163 e. The van der Waals surface area contributed by atoms with E-state index in [0.717, 1.165) is 10.9 Å². The predicted molar refractivity (Wildman–Crippen MR) is 122 cm³/mol. The minimum atomic E-state index is -0.122. The molecule has 0 N–H and O–H groups in total. The van der Waals surface area contributed by atoms with Crippen LogP contribution in [0.3, 0.4) is 0 Å². The van der Waals surface area contributed by atoms with Crippen molar-refractivity contribution in [2.75, 3.05) is 14.2 Å². The highest BCUT2D eigenvalue weighted by Gasteiger charge is 2.15. The number of aromatic nitrogens is 1. The second-order valence-electron chi connectivity index (χ2n) is 7.12. The lowest BCUT2D eigenvalue weighted by molar-refractivity contribution is 0.101. The summed E-state index contributed by atoms with van der Waals surface area (Å²) in [5.74, 6) is 2.60. The van der Waals surface area contributed by atoms with Gasteiger partial charge < -0.3 is 18.9 Å². The topological polar surface area (TPSA) is 66.9 Å². The molecule has 32 heavy (non-hydrogen) atoms. The summed E-state index contributed by atoms with van der Waals surface area (Å²) in [6.07, 6.45) is 1.65. The van der Waals surface area contributed by atoms with Crippen LogP contribution in [0.2, 0.25) is 0 Å². The molecule has 0 fully saturated rings. The zero-order valence-electron chi connectivity index (χ0n) is 18.1. The van der Waals surface area contributed by atoms with E-state index in [1.165, 1.54) is 6.92 Å². The molecular weight excluding hydrogens is 406 g/mol. The molecule has 1 aromatic heterocycles. The van der Waals surface area contributed by atoms with Gasteiger partial charge in [0.2, 0.25) is 0 Å². The quantitative estimate of drug-likeness (QED) is 0.329. The number of rotatable bonds is 8. The molecule has 0 unspecified atom stereocenters. The van der Waals surface area contributed by atoms with Gasteiger partial charge in [-0.3, -0.25) is 9.78 Å². The molecule has 4 rings (SSSR count). The maximum absolute atomic E-state index is 12.3. The molecule has 0 atom stereocenters. The van der Waals surface area contributed by atoms with Crippen molar-refractivity contribution < 1.29 is 23.7 Å². The van der Waals surface area contributed by atoms with Gasteiger partial charge in [-0.15, -0.1) is 0 Å². The summed E-state index contributed by atoms with van der Waals surface area (Å²) >= 11 is 0. The minimum absolute atomic E-state index is 0.122. The van der Waals surface area contributed by atoms with Gasteiger partial charge in [-0.2, -0.15) is 0 Å². The lowest BCUT2D eigenvalue weighted by atomic mass is 10.1. The molecule has 0 aliphatic rings. The summed E-state index contributed by atoms with van der Waals surface area (Å²) in [7, 11) is 3.15. The lowest BCUT2D eigenvalue weighted by Crippen LogP contribution is -2.01. The number of ether oxygens (including phenoxy) is 4. The summed E-state index contributed by atoms with van der Waals surface area (Å²) in [6.45, 7) is 1.91. The third-order valence-corrected chi connectivity index (χ3v) is 5.01. The van der Waals surface area contributed by atoms with Crippen LogP contribution in [0, 0.1) is 0 Å². The Morgan fingerprint density at radius 1 is 0.844 bits per heavy atom. The number of carbonyl (C=O) groups excluding carboxylic acids is 1. The van der Waals surface area contributed by atoms with Crippen LogP contribution >= 0.6 is 0 Å². The van der Waals surface area contributed by atoms with Crippen molar-refractivity contribution in [2.24, 2.45) is 0 Å². The third-order valence-electron chi connectivity index (χ3n) is 5.01. The van der Waals surface area contributed by atoms with Crippen molar-refractivity contribution in [1.29, 1.82) is 0 Å². The number of hydrogen-bond donors (Lipinski definition) is 0. The van der Waals surface area contributed by atoms with Crippen molar-refractivity contribution in [3.05, 3.63) is 84.1 Å². The van der Waals surface area contributed by atoms with E-state index >= 15 is 0 Å². The van der Waals surface area contributed by atoms with Crippen LogP contribution in [0.4, 0.5) is 0 Å². The first-order chi connectivity index (χ1) is 15.6. The molecule has 0 amide bonds. The molecule has 0 saturated heterocycles. The van der Waals surface area contributed by atoms with Crippen LogP contribution in [0.25, 0.3) is 10.9 Å². The van der Waals surface area contributed by atoms with Crippen LogP contribution in [-0.2, 0) is 6.61 Å². The number of nitrogens with zero attached hydrogens (tertiary/aromatic N) is 1. The zero-order valence-corrected chi connectivity index (χ0v) is 18.1. The van der Waals surface area contributed by atoms with E-state index in [0.29, 0.717) is 46.4 Å². The summed E-state index contributed by atoms with van der Waals surface area (Å²) < 4.78 is 22.8. The summed E-state index contributed by atoms with van der Waals surface area (Å²) in [4.78, 5) is 16.7. The van der Waals surface area contributed by atoms with E-state index in [9.17, 15) is 4.79 Å². The molecule has 0 saturated carbocycles. The Bertz CT molecular complexity index is 1250. The number of pyridine rings is 1. The molecule has 162 valence electrons. The van der Waals surface area contributed by atoms with Gasteiger partial charge in [0.1, 0.15) is 23.9 Å². The molecule has 6 nitrogen and oxygen atoms in total. The largest absolute Gasteiger partial charge is 0.493 e. The number of ketones is 1. The minimum Gasteiger partial charge on any atom is -0.493 e. The number of fused-ring (bicyclic) bond motifs is 1. The van der Waals surface area contributed by atoms with E-state index in [2.05, 4.69) is 4.98 Å². The van der Waals surface area contributed by atoms with Crippen molar-refractivity contribution in [3.8, 4) is 28.7 Å². The van der Waals surface area contributed by atoms with Gasteiger partial charge in [-0.05, 0) is 42.8 Å². The standard InChI is InChI=1S/C26H23NO5/c1-17(28)20-13-19(31-16-18-7-5-4-6-8-18)9-10-23(20)32-24-11-12-27-22-15-26(30-3)25(29-2)14-21(22)24/h4-15H,16H2,1-3H3. The molecule has 0 bridgehead atoms. The van der Waals surface area contributed by atoms with Gasteiger partial charge >= 0.3 is 0 Å². The van der Waals surface area contributed by atoms with Crippen molar-refractivity contribution in [2.45, 2.75) is 13.5 Å². The Morgan fingerprint density at radius 3 is 2.31 bits per heavy atom. The average Bonchev–Trinajstić information content (AvgIpc) is 2.83. The first kappa shape index (κ1) is 21.2. The van der Waals surface area contributed by atoms with E-state index in [1.54, 1.807) is 56.8 Å². The molecular formula is C26H23NO5. The van der Waals surface area contributed by atoms with Gasteiger partial charge in [0.25, 0.3) is 0 Å². The maximum atomic E-state index is 12.3. The maximum Gasteiger partial charge on any atom is 0.163 e. The number of Topliss-reactive ketones (excluding diaryl/α,β-unsaturated/α-hetero) is 1. The van der Waals surface area contributed by atoms with E-state index < -0.39 is 0 Å². The molecule has 6 heteroatoms. The molecule has 4 aromatic rings. The Balaban J connectivity index is 1.65. The highest BCUT2D eigenvalue weighted by atomic mass is 16.5. The van der Waals surface area contributed by atoms with Crippen LogP contribution < -0.4 is 18.9 Å². The number of carbonyl (C=O) groups is 1. The third kappa shape index (κ3) is 4.49. The first-order valence-electron chi connectivity index (χ1n) is 10.1. The predicted octanol–water partition coefficient (Wildman–Crippen LogP) is 5.83. The number of benzene rings is 3. The normalized spacial score (nSPS) is 10.6. The van der Waals surface area contributed by atoms with Gasteiger partial charge in [0.05, 0.1) is 25.3 Å². The van der Waals surface area contributed by atoms with Crippen molar-refractivity contribution in [3.63, 3.8) is 0 Å². The van der Waals surface area contributed by atoms with Gasteiger partial charge in [0, 0.05) is 17.6 Å². The monoisotopic (exact) mass is 429 g/mol. The Labute approximate surface area is 186 Å². The molecule has 1 heterocycles. The van der Waals surface area contributed by atoms with E-state index in [1.807, 2.05) is 30.3 Å². The van der Waals surface area contributed by atoms with Crippen LogP contribution in [0.15, 0.2) is 72.9 Å². The van der Waals surface area contributed by atoms with Crippen LogP contribution in [0.1, 0.15) is 22.8 Å². The number of hydrogen-bond acceptors (Lipinski definition) is 6. The fourth-order valence-electron chi connectivity index (χ4n) is 3.36. The summed E-state index contributed by atoms with van der Waals surface area (Å²) in [5.41, 5.74) is 2.16. The molecule has 0 aliphatic carbocycles. The highest BCUT2D eigenvalue weighted by Crippen LogP contribution is 2.38. The Kier molecular flexibility index (Phi) is 6.22. The van der Waals surface area contributed by atoms with E-state index in [4.69, 9.17) is 18.9 Å². The second kappa shape index (κ2) is 9.39. The highest BCUT2D eigenvalue weighted by molar-refractivity contribution is 5.97. The zero-order chi connectivity index (χ0) is 22.5. The summed E-state index contributed by atoms with van der Waals surface area (Å²) in [5, 5.41) is 0.740. The molecule has 3 aromatic carbocycles. The van der Waals surface area contributed by atoms with Gasteiger partial charge in [-0.1, -0.05) is 30.3 Å². The fourth-order valence-corrected chi connectivity index (χ4v) is 3.36. The van der Waals surface area contributed by atoms with Gasteiger partial charge in [-0.25, -0.2) is 0 Å². The van der Waals surface area contributed by atoms with Crippen LogP contribution in [-0.4, -0.2) is 25.0 Å². The first-order valence-corrected chi connectivity index (χ1v) is 10.1.